The van der Waals surface area contributed by atoms with Crippen LogP contribution >= 0.6 is 45.1 Å². The summed E-state index contributed by atoms with van der Waals surface area (Å²) in [4.78, 5) is 94.9. The van der Waals surface area contributed by atoms with Gasteiger partial charge in [0.2, 0.25) is 17.5 Å². The van der Waals surface area contributed by atoms with E-state index in [4.69, 9.17) is 67.5 Å². The van der Waals surface area contributed by atoms with Crippen LogP contribution in [0.5, 0.6) is 0 Å². The molecule has 7 atom stereocenters. The number of benzene rings is 2. The standard InChI is InChI=1S/C42H58N4O5.C30H50N5O15P3S4.O3S.H2/c1-8-45-35-18-15-14-17-33(35)41(3,4)37(45)19-11-9-12-20-38-42(5,6)34-31-32(2)22-23-36(34)46(38)26-16-10-13-21-39(47)43-24-27-50-29-30-51-28-25-44-40(48)49-7;1-5-11-30(2,3)56-55-18-45-14-8-6-7-12-32-29(37)33-13-9-10-20-15-21(26-25(20)27(36)35-28(31)34-26)22-16-23(46-19-57(4)54)24(48-22)17-47-52(41,42)50-53(43,44)49-51(38,39)40;1-4(2)3;/h9,11-12,14-15,17-20,22-23,31H,8,10,13,16,21,24-30H2,1-7H3,(H-,43,44,47,48);15,21-24H,5-8,11-14,16-19H2,1-4H3,(H,41,42)(H,43,44)(H2,32,33,37)(H2,38,39,40)(H3,31,34,35,36);;1H/p+1/t;21?,22-,23+,24-,57?;;/m.1../s1. The molecule has 4 amide bonds. The number of para-hydroxylation sites is 1. The van der Waals surface area contributed by atoms with Crippen molar-refractivity contribution in [1.29, 1.82) is 0 Å². The zero-order chi connectivity index (χ0) is 82.9. The summed E-state index contributed by atoms with van der Waals surface area (Å²) in [5.74, 6) is 5.60. The molecule has 3 aliphatic heterocycles. The minimum absolute atomic E-state index is 0. The highest BCUT2D eigenvalue weighted by molar-refractivity contribution is 8.77. The lowest BCUT2D eigenvalue weighted by Crippen LogP contribution is -2.36. The average Bonchev–Trinajstić information content (AvgIpc) is 1.61. The van der Waals surface area contributed by atoms with Crippen molar-refractivity contribution in [3.63, 3.8) is 0 Å². The van der Waals surface area contributed by atoms with Gasteiger partial charge in [-0.25, -0.2) is 28.3 Å². The Bertz CT molecular complexity index is 4250. The number of carbonyl (C=O) groups excluding carboxylic acids is 3. The predicted molar refractivity (Wildman–Crippen MR) is 440 cm³/mol. The Kier molecular flexibility index (Phi) is 41.0. The van der Waals surface area contributed by atoms with Gasteiger partial charge in [-0.2, -0.15) is 13.2 Å². The number of amides is 4. The van der Waals surface area contributed by atoms with Crippen LogP contribution in [0.4, 0.5) is 26.9 Å². The van der Waals surface area contributed by atoms with Crippen LogP contribution in [0.3, 0.4) is 0 Å². The van der Waals surface area contributed by atoms with Gasteiger partial charge in [-0.1, -0.05) is 124 Å². The summed E-state index contributed by atoms with van der Waals surface area (Å²) in [7, 11) is -15.6. The largest absolute Gasteiger partial charge is 0.490 e. The lowest BCUT2D eigenvalue weighted by Gasteiger charge is -2.25. The van der Waals surface area contributed by atoms with Gasteiger partial charge in [0, 0.05) is 104 Å². The number of aromatic amines is 1. The maximum Gasteiger partial charge on any atom is 0.490 e. The Morgan fingerprint density at radius 2 is 1.57 bits per heavy atom. The van der Waals surface area contributed by atoms with E-state index in [0.717, 1.165) is 64.5 Å². The zero-order valence-electron chi connectivity index (χ0n) is 65.1. The number of likely N-dealkylation sites (N-methyl/N-ethyl adjacent to an activating group) is 1. The van der Waals surface area contributed by atoms with Crippen molar-refractivity contribution >= 4 is 123 Å². The Morgan fingerprint density at radius 1 is 0.875 bits per heavy atom. The molecule has 1 aromatic heterocycles. The number of nitrogens with two attached hydrogens (primary N) is 1. The van der Waals surface area contributed by atoms with E-state index in [1.807, 2.05) is 10.8 Å². The van der Waals surface area contributed by atoms with Gasteiger partial charge in [0.1, 0.15) is 18.6 Å². The van der Waals surface area contributed by atoms with Gasteiger partial charge < -0.3 is 79.9 Å². The summed E-state index contributed by atoms with van der Waals surface area (Å²) < 4.78 is 109. The maximum absolute atomic E-state index is 13.0. The number of unbranched alkanes of at least 4 members (excludes halogenated alkanes) is 4. The Balaban J connectivity index is 0.000000453. The summed E-state index contributed by atoms with van der Waals surface area (Å²) in [5, 5.41) is 10.9. The number of carbonyl (C=O) groups is 3. The van der Waals surface area contributed by atoms with Crippen molar-refractivity contribution < 1.29 is 108 Å². The molecule has 7 rings (SSSR count). The van der Waals surface area contributed by atoms with Crippen molar-refractivity contribution in [2.45, 2.75) is 166 Å². The normalized spacial score (nSPS) is 19.0. The van der Waals surface area contributed by atoms with Crippen molar-refractivity contribution in [3.8, 4) is 11.8 Å². The zero-order valence-corrected chi connectivity index (χ0v) is 71.9. The number of fused-ring (bicyclic) bond motifs is 3. The van der Waals surface area contributed by atoms with E-state index in [1.165, 1.54) is 46.6 Å². The highest BCUT2D eigenvalue weighted by Gasteiger charge is 2.48. The Morgan fingerprint density at radius 3 is 2.25 bits per heavy atom. The third kappa shape index (κ3) is 33.1. The average molecular weight is 1720 g/mol. The quantitative estimate of drug-likeness (QED) is 0.00478. The summed E-state index contributed by atoms with van der Waals surface area (Å²) in [6.07, 6.45) is 19.5. The number of alkyl carbamates (subject to hydrolysis) is 1. The minimum atomic E-state index is -5.75. The first-order chi connectivity index (χ1) is 52.8. The topological polar surface area (TPSA) is 444 Å². The number of aryl methyl sites for hydroxylation is 1. The van der Waals surface area contributed by atoms with E-state index in [-0.39, 0.29) is 64.6 Å². The number of anilines is 2. The fourth-order valence-electron chi connectivity index (χ4n) is 12.7. The molecule has 3 aromatic rings. The van der Waals surface area contributed by atoms with Gasteiger partial charge in [-0.15, -0.1) is 12.6 Å². The Labute approximate surface area is 673 Å². The summed E-state index contributed by atoms with van der Waals surface area (Å²) in [6.45, 7) is 25.0. The fourth-order valence-corrected chi connectivity index (χ4v) is 18.7. The number of H-pyrrole nitrogens is 1. The van der Waals surface area contributed by atoms with Crippen LogP contribution < -0.4 is 37.5 Å². The van der Waals surface area contributed by atoms with Crippen LogP contribution in [-0.4, -0.2) is 198 Å². The van der Waals surface area contributed by atoms with E-state index in [0.29, 0.717) is 65.0 Å². The Hall–Kier alpha value is -5.78. The molecular formula is C72H111N9O23P3S5+. The molecule has 1 aliphatic carbocycles. The molecule has 0 spiro atoms. The first-order valence-corrected chi connectivity index (χ1v) is 47.0. The summed E-state index contributed by atoms with van der Waals surface area (Å²) in [5.41, 5.74) is 15.0. The van der Waals surface area contributed by atoms with Crippen LogP contribution in [0.2, 0.25) is 0 Å². The van der Waals surface area contributed by atoms with E-state index < -0.39 is 92.1 Å². The minimum Gasteiger partial charge on any atom is -0.453 e. The van der Waals surface area contributed by atoms with Gasteiger partial charge in [0.15, 0.2) is 5.71 Å². The van der Waals surface area contributed by atoms with Gasteiger partial charge in [-0.3, -0.25) is 19.1 Å². The molecule has 40 heteroatoms. The third-order valence-electron chi connectivity index (χ3n) is 17.7. The predicted octanol–water partition coefficient (Wildman–Crippen LogP) is 10.3. The van der Waals surface area contributed by atoms with Gasteiger partial charge in [0.25, 0.3) is 5.56 Å². The molecule has 4 unspecified atom stereocenters. The molecule has 0 radical (unpaired) electrons. The molecule has 2 aromatic carbocycles. The van der Waals surface area contributed by atoms with E-state index in [1.54, 1.807) is 23.1 Å². The molecule has 4 aliphatic rings. The molecule has 626 valence electrons. The molecule has 11 N–H and O–H groups in total. The van der Waals surface area contributed by atoms with Crippen molar-refractivity contribution in [2.24, 2.45) is 0 Å². The van der Waals surface area contributed by atoms with E-state index in [9.17, 15) is 42.7 Å². The lowest BCUT2D eigenvalue weighted by atomic mass is 9.81. The first kappa shape index (κ1) is 96.8. The molecule has 0 bridgehead atoms. The number of ether oxygens (including phenoxy) is 6. The number of methoxy groups -OCH3 is 1. The number of rotatable bonds is 43. The van der Waals surface area contributed by atoms with Crippen LogP contribution in [0, 0.1) is 18.8 Å². The van der Waals surface area contributed by atoms with Crippen molar-refractivity contribution in [3.05, 3.63) is 123 Å². The second kappa shape index (κ2) is 47.4. The number of nitrogen functional groups attached to an aromatic ring is 1. The maximum atomic E-state index is 13.0. The number of nitrogens with zero attached hydrogens (tertiary/aromatic N) is 3. The van der Waals surface area contributed by atoms with Crippen LogP contribution in [-0.2, 0) is 102 Å². The molecule has 4 heterocycles. The summed E-state index contributed by atoms with van der Waals surface area (Å²) in [6, 6.07) is 15.1. The van der Waals surface area contributed by atoms with Crippen LogP contribution in [0.25, 0.3) is 5.57 Å². The smallest absolute Gasteiger partial charge is 0.453 e. The number of urea groups is 1. The summed E-state index contributed by atoms with van der Waals surface area (Å²) >= 11 is 5.21. The van der Waals surface area contributed by atoms with Gasteiger partial charge in [0.05, 0.1) is 81.5 Å². The number of hydrogen-bond donors (Lipinski definition) is 10. The molecule has 112 heavy (non-hydrogen) atoms. The lowest BCUT2D eigenvalue weighted by molar-refractivity contribution is -0.438. The van der Waals surface area contributed by atoms with E-state index >= 15 is 0 Å². The SMILES string of the molecule is CCCC(C)(C)SSCOCCCCCNC(=O)NCC#CC1=CC([C@H]2C[C@H](OCS(C)=S)[C@@H](COP(=O)(O)OP(=O)(O)OP(=O)(O)O)O2)c2nc(N)[nH]c(=O)c21.CCN1\C(=C/C=C/C=C/C2=[N+](CCCCCC(=O)NCCOCCOCCNC(=O)OC)c3ccc(C)cc3C2(C)C)C(C)(C)c2ccccc21.O=S(=O)=O.[HH]. The van der Waals surface area contributed by atoms with Gasteiger partial charge in [-0.05, 0) is 121 Å². The third-order valence-corrected chi connectivity index (χ3v) is 25.3. The highest BCUT2D eigenvalue weighted by atomic mass is 33.1. The second-order valence-electron chi connectivity index (χ2n) is 27.6. The number of hydrogen-bond acceptors (Lipinski definition) is 25. The van der Waals surface area contributed by atoms with Crippen LogP contribution in [0.1, 0.15) is 155 Å². The molecule has 32 nitrogen and oxygen atoms in total. The number of allylic oxidation sites excluding steroid dienone is 7. The fraction of sp³-hybridized carbons (Fsp3) is 0.583. The van der Waals surface area contributed by atoms with Gasteiger partial charge >= 0.3 is 46.2 Å². The molecular weight excluding hydrogens is 1610 g/mol. The van der Waals surface area contributed by atoms with Crippen molar-refractivity contribution in [1.82, 2.24) is 31.2 Å². The number of phosphoric acid groups is 3. The first-order valence-electron chi connectivity index (χ1n) is 36.4. The van der Waals surface area contributed by atoms with Crippen molar-refractivity contribution in [2.75, 3.05) is 115 Å². The molecule has 1 saturated heterocycles. The molecule has 1 fully saturated rings. The van der Waals surface area contributed by atoms with E-state index in [2.05, 4.69) is 201 Å². The monoisotopic (exact) mass is 1720 g/mol. The second-order valence-corrected chi connectivity index (χ2v) is 38.5. The number of aromatic nitrogens is 2. The number of phosphoric ester groups is 1. The number of nitrogens with one attached hydrogen (secondary N) is 5. The molecule has 0 saturated carbocycles. The van der Waals surface area contributed by atoms with Crippen LogP contribution in [0.15, 0.2) is 89.4 Å². The highest BCUT2D eigenvalue weighted by Crippen LogP contribution is 2.66.